The van der Waals surface area contributed by atoms with Crippen LogP contribution < -0.4 is 25.0 Å². The Balaban J connectivity index is 1.62. The van der Waals surface area contributed by atoms with Crippen molar-refractivity contribution in [2.75, 3.05) is 25.6 Å². The van der Waals surface area contributed by atoms with Crippen molar-refractivity contribution in [2.45, 2.75) is 40.2 Å². The van der Waals surface area contributed by atoms with Gasteiger partial charge in [-0.2, -0.15) is 0 Å². The molecule has 0 aliphatic rings. The van der Waals surface area contributed by atoms with Gasteiger partial charge in [-0.3, -0.25) is 9.59 Å². The molecule has 0 spiro atoms. The van der Waals surface area contributed by atoms with Crippen molar-refractivity contribution in [1.29, 1.82) is 0 Å². The van der Waals surface area contributed by atoms with Crippen molar-refractivity contribution in [3.05, 3.63) is 81.8 Å². The highest BCUT2D eigenvalue weighted by Gasteiger charge is 2.15. The number of aryl methyl sites for hydroxylation is 1. The zero-order chi connectivity index (χ0) is 24.7. The Morgan fingerprint density at radius 2 is 1.71 bits per heavy atom. The molecule has 0 saturated carbocycles. The predicted molar refractivity (Wildman–Crippen MR) is 133 cm³/mol. The molecular formula is C27H32N2O5. The Kier molecular flexibility index (Phi) is 8.35. The maximum absolute atomic E-state index is 12.6. The molecule has 0 aliphatic carbocycles. The van der Waals surface area contributed by atoms with Crippen LogP contribution in [0.4, 0.5) is 5.69 Å². The van der Waals surface area contributed by atoms with E-state index >= 15 is 0 Å². The zero-order valence-electron chi connectivity index (χ0n) is 20.4. The van der Waals surface area contributed by atoms with Crippen LogP contribution in [-0.2, 0) is 11.3 Å². The SMILES string of the molecule is COc1ccc(OCCn2ccc(=O)c(OCC(=O)Nc3c(C)cccc3C(C)C)c2C)cc1. The molecule has 0 unspecified atom stereocenters. The van der Waals surface area contributed by atoms with Crippen LogP contribution in [-0.4, -0.2) is 30.8 Å². The summed E-state index contributed by atoms with van der Waals surface area (Å²) in [5.41, 5.74) is 3.20. The first-order chi connectivity index (χ1) is 16.3. The van der Waals surface area contributed by atoms with E-state index in [4.69, 9.17) is 14.2 Å². The Hall–Kier alpha value is -3.74. The largest absolute Gasteiger partial charge is 0.497 e. The van der Waals surface area contributed by atoms with E-state index in [2.05, 4.69) is 19.2 Å². The molecule has 1 aromatic heterocycles. The number of para-hydroxylation sites is 1. The van der Waals surface area contributed by atoms with E-state index in [0.29, 0.717) is 18.8 Å². The highest BCUT2D eigenvalue weighted by atomic mass is 16.5. The average molecular weight is 465 g/mol. The Labute approximate surface area is 200 Å². The first kappa shape index (κ1) is 24.9. The molecule has 1 heterocycles. The lowest BCUT2D eigenvalue weighted by molar-refractivity contribution is -0.118. The molecular weight excluding hydrogens is 432 g/mol. The molecule has 7 heteroatoms. The highest BCUT2D eigenvalue weighted by Crippen LogP contribution is 2.27. The summed E-state index contributed by atoms with van der Waals surface area (Å²) < 4.78 is 18.5. The monoisotopic (exact) mass is 464 g/mol. The summed E-state index contributed by atoms with van der Waals surface area (Å²) in [7, 11) is 1.61. The molecule has 34 heavy (non-hydrogen) atoms. The first-order valence-electron chi connectivity index (χ1n) is 11.3. The third kappa shape index (κ3) is 6.19. The lowest BCUT2D eigenvalue weighted by atomic mass is 9.98. The molecule has 0 atom stereocenters. The smallest absolute Gasteiger partial charge is 0.262 e. The number of nitrogens with zero attached hydrogens (tertiary/aromatic N) is 1. The van der Waals surface area contributed by atoms with Gasteiger partial charge in [0.05, 0.1) is 19.3 Å². The van der Waals surface area contributed by atoms with Crippen LogP contribution in [0.2, 0.25) is 0 Å². The molecule has 3 aromatic rings. The number of amides is 1. The van der Waals surface area contributed by atoms with E-state index in [-0.39, 0.29) is 29.6 Å². The van der Waals surface area contributed by atoms with Gasteiger partial charge in [0.1, 0.15) is 18.1 Å². The standard InChI is InChI=1S/C27H32N2O5/c1-18(2)23-8-6-7-19(3)26(23)28-25(31)17-34-27-20(4)29(14-13-24(27)30)15-16-33-22-11-9-21(32-5)10-12-22/h6-14,18H,15-17H2,1-5H3,(H,28,31). The minimum absolute atomic E-state index is 0.163. The van der Waals surface area contributed by atoms with Crippen LogP contribution in [0.1, 0.15) is 36.6 Å². The van der Waals surface area contributed by atoms with Gasteiger partial charge in [0.2, 0.25) is 5.43 Å². The van der Waals surface area contributed by atoms with Crippen LogP contribution >= 0.6 is 0 Å². The predicted octanol–water partition coefficient (Wildman–Crippen LogP) is 4.69. The van der Waals surface area contributed by atoms with Crippen LogP contribution in [0, 0.1) is 13.8 Å². The number of pyridine rings is 1. The summed E-state index contributed by atoms with van der Waals surface area (Å²) in [5.74, 6) is 1.60. The maximum Gasteiger partial charge on any atom is 0.262 e. The van der Waals surface area contributed by atoms with Crippen LogP contribution in [0.15, 0.2) is 59.5 Å². The second-order valence-corrected chi connectivity index (χ2v) is 8.34. The fourth-order valence-electron chi connectivity index (χ4n) is 3.66. The van der Waals surface area contributed by atoms with Crippen molar-refractivity contribution >= 4 is 11.6 Å². The fraction of sp³-hybridized carbons (Fsp3) is 0.333. The lowest BCUT2D eigenvalue weighted by Gasteiger charge is -2.17. The molecule has 2 aromatic carbocycles. The molecule has 3 rings (SSSR count). The minimum Gasteiger partial charge on any atom is -0.497 e. The molecule has 0 bridgehead atoms. The second-order valence-electron chi connectivity index (χ2n) is 8.34. The van der Waals surface area contributed by atoms with Crippen molar-refractivity contribution in [3.8, 4) is 17.2 Å². The topological polar surface area (TPSA) is 78.8 Å². The second kappa shape index (κ2) is 11.4. The summed E-state index contributed by atoms with van der Waals surface area (Å²) >= 11 is 0. The third-order valence-corrected chi connectivity index (χ3v) is 5.59. The van der Waals surface area contributed by atoms with Crippen LogP contribution in [0.5, 0.6) is 17.2 Å². The number of rotatable bonds is 10. The molecule has 1 amide bonds. The van der Waals surface area contributed by atoms with Crippen molar-refractivity contribution < 1.29 is 19.0 Å². The summed E-state index contributed by atoms with van der Waals surface area (Å²) in [4.78, 5) is 25.0. The molecule has 1 N–H and O–H groups in total. The van der Waals surface area contributed by atoms with Gasteiger partial charge in [-0.25, -0.2) is 0 Å². The number of anilines is 1. The number of methoxy groups -OCH3 is 1. The summed E-state index contributed by atoms with van der Waals surface area (Å²) in [6, 6.07) is 14.7. The van der Waals surface area contributed by atoms with Crippen LogP contribution in [0.25, 0.3) is 0 Å². The normalized spacial score (nSPS) is 10.8. The molecule has 0 fully saturated rings. The number of ether oxygens (including phenoxy) is 3. The van der Waals surface area contributed by atoms with E-state index < -0.39 is 0 Å². The van der Waals surface area contributed by atoms with E-state index in [9.17, 15) is 9.59 Å². The van der Waals surface area contributed by atoms with Crippen molar-refractivity contribution in [2.24, 2.45) is 0 Å². The van der Waals surface area contributed by atoms with Gasteiger partial charge >= 0.3 is 0 Å². The summed E-state index contributed by atoms with van der Waals surface area (Å²) in [6.07, 6.45) is 1.70. The number of hydrogen-bond acceptors (Lipinski definition) is 5. The van der Waals surface area contributed by atoms with Gasteiger partial charge in [-0.15, -0.1) is 0 Å². The molecule has 0 aliphatic heterocycles. The van der Waals surface area contributed by atoms with E-state index in [1.165, 1.54) is 6.07 Å². The lowest BCUT2D eigenvalue weighted by Crippen LogP contribution is -2.25. The number of carbonyl (C=O) groups excluding carboxylic acids is 1. The fourth-order valence-corrected chi connectivity index (χ4v) is 3.66. The van der Waals surface area contributed by atoms with Crippen molar-refractivity contribution in [3.63, 3.8) is 0 Å². The van der Waals surface area contributed by atoms with Gasteiger partial charge in [-0.05, 0) is 55.2 Å². The van der Waals surface area contributed by atoms with Gasteiger partial charge < -0.3 is 24.1 Å². The van der Waals surface area contributed by atoms with E-state index in [0.717, 1.165) is 28.3 Å². The Bertz CT molecular complexity index is 1180. The summed E-state index contributed by atoms with van der Waals surface area (Å²) in [5, 5.41) is 2.94. The Morgan fingerprint density at radius 1 is 1.00 bits per heavy atom. The van der Waals surface area contributed by atoms with E-state index in [1.807, 2.05) is 54.0 Å². The number of hydrogen-bond donors (Lipinski definition) is 1. The Morgan fingerprint density at radius 3 is 2.38 bits per heavy atom. The number of benzene rings is 2. The molecule has 7 nitrogen and oxygen atoms in total. The minimum atomic E-state index is -0.312. The first-order valence-corrected chi connectivity index (χ1v) is 11.3. The quantitative estimate of drug-likeness (QED) is 0.471. The van der Waals surface area contributed by atoms with Gasteiger partial charge in [0.15, 0.2) is 12.4 Å². The van der Waals surface area contributed by atoms with Gasteiger partial charge in [-0.1, -0.05) is 32.0 Å². The van der Waals surface area contributed by atoms with Gasteiger partial charge in [0.25, 0.3) is 5.91 Å². The molecule has 0 radical (unpaired) electrons. The summed E-state index contributed by atoms with van der Waals surface area (Å²) in [6.45, 7) is 8.57. The number of carbonyl (C=O) groups is 1. The average Bonchev–Trinajstić information content (AvgIpc) is 2.82. The van der Waals surface area contributed by atoms with Crippen molar-refractivity contribution in [1.82, 2.24) is 4.57 Å². The maximum atomic E-state index is 12.6. The van der Waals surface area contributed by atoms with Crippen LogP contribution in [0.3, 0.4) is 0 Å². The molecule has 0 saturated heterocycles. The highest BCUT2D eigenvalue weighted by molar-refractivity contribution is 5.93. The number of aromatic nitrogens is 1. The third-order valence-electron chi connectivity index (χ3n) is 5.59. The van der Waals surface area contributed by atoms with E-state index in [1.54, 1.807) is 20.2 Å². The zero-order valence-corrected chi connectivity index (χ0v) is 20.4. The molecule has 180 valence electrons. The van der Waals surface area contributed by atoms with Gasteiger partial charge in [0, 0.05) is 18.0 Å². The number of nitrogens with one attached hydrogen (secondary N) is 1.